The largest absolute Gasteiger partial charge is 0.457 e. The van der Waals surface area contributed by atoms with Crippen molar-refractivity contribution in [3.63, 3.8) is 0 Å². The van der Waals surface area contributed by atoms with Crippen LogP contribution in [0.1, 0.15) is 10.4 Å². The Hall–Kier alpha value is -2.73. The minimum atomic E-state index is -0.715. The highest BCUT2D eigenvalue weighted by Crippen LogP contribution is 2.25. The van der Waals surface area contributed by atoms with Crippen molar-refractivity contribution < 1.29 is 14.3 Å². The van der Waals surface area contributed by atoms with Gasteiger partial charge in [0.05, 0.1) is 15.6 Å². The van der Waals surface area contributed by atoms with Gasteiger partial charge < -0.3 is 10.1 Å². The number of hydrogen-bond donors (Lipinski definition) is 2. The zero-order chi connectivity index (χ0) is 20.1. The number of benzene rings is 3. The van der Waals surface area contributed by atoms with Crippen LogP contribution in [0.25, 0.3) is 0 Å². The predicted molar refractivity (Wildman–Crippen MR) is 111 cm³/mol. The lowest BCUT2D eigenvalue weighted by molar-refractivity contribution is 0.0967. The number of urea groups is 1. The van der Waals surface area contributed by atoms with Gasteiger partial charge in [0.15, 0.2) is 0 Å². The van der Waals surface area contributed by atoms with Crippen LogP contribution >= 0.6 is 34.8 Å². The van der Waals surface area contributed by atoms with E-state index in [1.54, 1.807) is 54.6 Å². The lowest BCUT2D eigenvalue weighted by Crippen LogP contribution is -2.34. The minimum Gasteiger partial charge on any atom is -0.457 e. The molecule has 5 nitrogen and oxygen atoms in total. The highest BCUT2D eigenvalue weighted by Gasteiger charge is 2.17. The molecule has 0 saturated carbocycles. The van der Waals surface area contributed by atoms with E-state index in [1.165, 1.54) is 12.1 Å². The van der Waals surface area contributed by atoms with E-state index in [9.17, 15) is 9.59 Å². The number of hydrogen-bond acceptors (Lipinski definition) is 3. The van der Waals surface area contributed by atoms with Gasteiger partial charge in [-0.2, -0.15) is 0 Å². The van der Waals surface area contributed by atoms with E-state index >= 15 is 0 Å². The molecule has 142 valence electrons. The molecule has 0 fully saturated rings. The van der Waals surface area contributed by atoms with E-state index < -0.39 is 11.9 Å². The summed E-state index contributed by atoms with van der Waals surface area (Å²) in [7, 11) is 0. The van der Waals surface area contributed by atoms with Crippen molar-refractivity contribution in [3.8, 4) is 11.5 Å². The summed E-state index contributed by atoms with van der Waals surface area (Å²) in [6, 6.07) is 17.5. The number of imide groups is 1. The zero-order valence-electron chi connectivity index (χ0n) is 14.2. The average molecular weight is 436 g/mol. The fraction of sp³-hybridized carbons (Fsp3) is 0. The van der Waals surface area contributed by atoms with Crippen LogP contribution in [0.5, 0.6) is 11.5 Å². The number of carbonyl (C=O) groups is 2. The summed E-state index contributed by atoms with van der Waals surface area (Å²) in [5, 5.41) is 5.66. The first-order valence-electron chi connectivity index (χ1n) is 8.02. The van der Waals surface area contributed by atoms with Gasteiger partial charge in [-0.3, -0.25) is 10.1 Å². The molecule has 3 aromatic carbocycles. The summed E-state index contributed by atoms with van der Waals surface area (Å²) < 4.78 is 5.67. The summed E-state index contributed by atoms with van der Waals surface area (Å²) in [6.45, 7) is 0. The van der Waals surface area contributed by atoms with Gasteiger partial charge in [-0.05, 0) is 60.7 Å². The first-order chi connectivity index (χ1) is 13.4. The Kier molecular flexibility index (Phi) is 6.41. The lowest BCUT2D eigenvalue weighted by atomic mass is 10.2. The number of ether oxygens (including phenoxy) is 1. The Labute approximate surface area is 176 Å². The molecule has 0 atom stereocenters. The smallest absolute Gasteiger partial charge is 0.326 e. The van der Waals surface area contributed by atoms with Crippen molar-refractivity contribution >= 4 is 52.4 Å². The maximum atomic E-state index is 12.2. The molecule has 0 spiro atoms. The fourth-order valence-corrected chi connectivity index (χ4v) is 2.98. The zero-order valence-corrected chi connectivity index (χ0v) is 16.5. The molecule has 0 saturated heterocycles. The maximum Gasteiger partial charge on any atom is 0.326 e. The number of rotatable bonds is 4. The maximum absolute atomic E-state index is 12.2. The molecular formula is C20H13Cl3N2O3. The third-order valence-corrected chi connectivity index (χ3v) is 4.46. The second kappa shape index (κ2) is 8.97. The Balaban J connectivity index is 1.60. The Bertz CT molecular complexity index is 986. The molecule has 8 heteroatoms. The van der Waals surface area contributed by atoms with Crippen LogP contribution in [0.15, 0.2) is 66.7 Å². The molecule has 28 heavy (non-hydrogen) atoms. The summed E-state index contributed by atoms with van der Waals surface area (Å²) in [5.74, 6) is 0.507. The number of nitrogens with one attached hydrogen (secondary N) is 2. The number of amides is 3. The number of anilines is 1. The SMILES string of the molecule is O=C(NC(=O)c1c(Cl)cccc1Cl)Nc1ccc(Oc2ccc(Cl)cc2)cc1. The standard InChI is InChI=1S/C20H13Cl3N2O3/c21-12-4-8-14(9-5-12)28-15-10-6-13(7-11-15)24-20(27)25-19(26)18-16(22)2-1-3-17(18)23/h1-11H,(H2,24,25,26,27). The number of halogens is 3. The first kappa shape index (κ1) is 20.0. The van der Waals surface area contributed by atoms with Crippen LogP contribution in [0.4, 0.5) is 10.5 Å². The molecular weight excluding hydrogens is 423 g/mol. The molecule has 0 aliphatic rings. The van der Waals surface area contributed by atoms with E-state index in [1.807, 2.05) is 0 Å². The second-order valence-electron chi connectivity index (χ2n) is 5.59. The molecule has 3 rings (SSSR count). The molecule has 3 amide bonds. The molecule has 0 unspecified atom stereocenters. The molecule has 2 N–H and O–H groups in total. The van der Waals surface area contributed by atoms with E-state index in [4.69, 9.17) is 39.5 Å². The third kappa shape index (κ3) is 5.16. The van der Waals surface area contributed by atoms with Crippen molar-refractivity contribution in [2.24, 2.45) is 0 Å². The summed E-state index contributed by atoms with van der Waals surface area (Å²) in [5.41, 5.74) is 0.506. The lowest BCUT2D eigenvalue weighted by Gasteiger charge is -2.10. The van der Waals surface area contributed by atoms with Crippen LogP contribution in [0.3, 0.4) is 0 Å². The van der Waals surface area contributed by atoms with Crippen molar-refractivity contribution in [3.05, 3.63) is 87.4 Å². The molecule has 0 aliphatic heterocycles. The van der Waals surface area contributed by atoms with Gasteiger partial charge in [-0.1, -0.05) is 40.9 Å². The molecule has 0 bridgehead atoms. The highest BCUT2D eigenvalue weighted by molar-refractivity contribution is 6.40. The summed E-state index contributed by atoms with van der Waals surface area (Å²) in [6.07, 6.45) is 0. The van der Waals surface area contributed by atoms with Crippen LogP contribution in [-0.2, 0) is 0 Å². The van der Waals surface area contributed by atoms with Gasteiger partial charge in [-0.25, -0.2) is 4.79 Å². The quantitative estimate of drug-likeness (QED) is 0.498. The normalized spacial score (nSPS) is 10.2. The highest BCUT2D eigenvalue weighted by atomic mass is 35.5. The van der Waals surface area contributed by atoms with Crippen molar-refractivity contribution in [1.29, 1.82) is 0 Å². The van der Waals surface area contributed by atoms with Crippen molar-refractivity contribution in [2.45, 2.75) is 0 Å². The molecule has 0 aliphatic carbocycles. The monoisotopic (exact) mass is 434 g/mol. The van der Waals surface area contributed by atoms with Crippen LogP contribution in [0, 0.1) is 0 Å². The van der Waals surface area contributed by atoms with E-state index in [0.29, 0.717) is 22.2 Å². The van der Waals surface area contributed by atoms with Crippen molar-refractivity contribution in [2.75, 3.05) is 5.32 Å². The minimum absolute atomic E-state index is 0.0349. The molecule has 3 aromatic rings. The van der Waals surface area contributed by atoms with Gasteiger partial charge in [0.25, 0.3) is 5.91 Å². The van der Waals surface area contributed by atoms with Crippen molar-refractivity contribution in [1.82, 2.24) is 5.32 Å². The van der Waals surface area contributed by atoms with E-state index in [0.717, 1.165) is 0 Å². The van der Waals surface area contributed by atoms with Gasteiger partial charge in [0, 0.05) is 10.7 Å². The molecule has 0 radical (unpaired) electrons. The number of carbonyl (C=O) groups excluding carboxylic acids is 2. The second-order valence-corrected chi connectivity index (χ2v) is 6.84. The van der Waals surface area contributed by atoms with Gasteiger partial charge in [0.1, 0.15) is 11.5 Å². The Morgan fingerprint density at radius 1 is 0.750 bits per heavy atom. The average Bonchev–Trinajstić information content (AvgIpc) is 2.65. The molecule has 0 heterocycles. The summed E-state index contributed by atoms with van der Waals surface area (Å²) >= 11 is 17.8. The van der Waals surface area contributed by atoms with E-state index in [-0.39, 0.29) is 15.6 Å². The predicted octanol–water partition coefficient (Wildman–Crippen LogP) is 6.40. The van der Waals surface area contributed by atoms with E-state index in [2.05, 4.69) is 10.6 Å². The third-order valence-electron chi connectivity index (χ3n) is 3.58. The topological polar surface area (TPSA) is 67.4 Å². The van der Waals surface area contributed by atoms with Gasteiger partial charge >= 0.3 is 6.03 Å². The van der Waals surface area contributed by atoms with Crippen LogP contribution < -0.4 is 15.4 Å². The van der Waals surface area contributed by atoms with Gasteiger partial charge in [-0.15, -0.1) is 0 Å². The van der Waals surface area contributed by atoms with Crippen LogP contribution in [0.2, 0.25) is 15.1 Å². The van der Waals surface area contributed by atoms with Gasteiger partial charge in [0.2, 0.25) is 0 Å². The summed E-state index contributed by atoms with van der Waals surface area (Å²) in [4.78, 5) is 24.3. The Morgan fingerprint density at radius 2 is 1.29 bits per heavy atom. The Morgan fingerprint density at radius 3 is 1.86 bits per heavy atom. The fourth-order valence-electron chi connectivity index (χ4n) is 2.29. The van der Waals surface area contributed by atoms with Crippen LogP contribution in [-0.4, -0.2) is 11.9 Å². The molecule has 0 aromatic heterocycles. The first-order valence-corrected chi connectivity index (χ1v) is 9.15.